The van der Waals surface area contributed by atoms with Crippen molar-refractivity contribution in [1.82, 2.24) is 10.2 Å². The molecule has 100 valence electrons. The zero-order chi connectivity index (χ0) is 11.9. The van der Waals surface area contributed by atoms with Crippen molar-refractivity contribution >= 4 is 0 Å². The first-order valence-electron chi connectivity index (χ1n) is 7.87. The van der Waals surface area contributed by atoms with Gasteiger partial charge in [0, 0.05) is 25.2 Å². The third-order valence-electron chi connectivity index (χ3n) is 4.66. The highest BCUT2D eigenvalue weighted by Gasteiger charge is 2.22. The van der Waals surface area contributed by atoms with Crippen LogP contribution in [0.25, 0.3) is 0 Å². The Balaban J connectivity index is 1.61. The highest BCUT2D eigenvalue weighted by molar-refractivity contribution is 4.79. The van der Waals surface area contributed by atoms with Gasteiger partial charge in [-0.25, -0.2) is 0 Å². The molecule has 1 unspecified atom stereocenters. The molecule has 0 aromatic carbocycles. The van der Waals surface area contributed by atoms with Crippen molar-refractivity contribution in [3.63, 3.8) is 0 Å². The van der Waals surface area contributed by atoms with Crippen LogP contribution in [0.5, 0.6) is 0 Å². The molecule has 0 aromatic rings. The quantitative estimate of drug-likeness (QED) is 0.740. The van der Waals surface area contributed by atoms with Crippen molar-refractivity contribution in [2.75, 3.05) is 19.6 Å². The summed E-state index contributed by atoms with van der Waals surface area (Å²) < 4.78 is 0. The normalized spacial score (nSPS) is 28.4. The van der Waals surface area contributed by atoms with E-state index in [1.807, 2.05) is 0 Å². The van der Waals surface area contributed by atoms with Crippen LogP contribution < -0.4 is 5.32 Å². The van der Waals surface area contributed by atoms with Gasteiger partial charge in [0.2, 0.25) is 0 Å². The van der Waals surface area contributed by atoms with Gasteiger partial charge in [0.15, 0.2) is 0 Å². The van der Waals surface area contributed by atoms with Crippen LogP contribution in [0.3, 0.4) is 0 Å². The molecule has 0 spiro atoms. The predicted molar refractivity (Wildman–Crippen MR) is 74.4 cm³/mol. The lowest BCUT2D eigenvalue weighted by atomic mass is 10.1. The van der Waals surface area contributed by atoms with Crippen LogP contribution in [0.1, 0.15) is 64.7 Å². The van der Waals surface area contributed by atoms with Gasteiger partial charge in [-0.05, 0) is 38.6 Å². The third kappa shape index (κ3) is 4.26. The fraction of sp³-hybridized carbons (Fsp3) is 1.00. The largest absolute Gasteiger partial charge is 0.313 e. The van der Waals surface area contributed by atoms with Crippen molar-refractivity contribution in [3.8, 4) is 0 Å². The lowest BCUT2D eigenvalue weighted by Crippen LogP contribution is -2.38. The Kier molecular flexibility index (Phi) is 5.79. The van der Waals surface area contributed by atoms with Crippen LogP contribution in [0.4, 0.5) is 0 Å². The molecule has 1 aliphatic heterocycles. The number of hydrogen-bond donors (Lipinski definition) is 1. The molecule has 1 heterocycles. The monoisotopic (exact) mass is 238 g/mol. The summed E-state index contributed by atoms with van der Waals surface area (Å²) in [6.45, 7) is 6.16. The van der Waals surface area contributed by atoms with Gasteiger partial charge in [-0.3, -0.25) is 4.90 Å². The number of rotatable bonds is 5. The van der Waals surface area contributed by atoms with Gasteiger partial charge in [0.05, 0.1) is 0 Å². The molecule has 1 saturated carbocycles. The van der Waals surface area contributed by atoms with E-state index >= 15 is 0 Å². The summed E-state index contributed by atoms with van der Waals surface area (Å²) in [7, 11) is 0. The van der Waals surface area contributed by atoms with Crippen molar-refractivity contribution < 1.29 is 0 Å². The first-order chi connectivity index (χ1) is 8.40. The molecule has 0 radical (unpaired) electrons. The minimum absolute atomic E-state index is 0.820. The summed E-state index contributed by atoms with van der Waals surface area (Å²) in [5, 5.41) is 3.79. The molecule has 0 aromatic heterocycles. The van der Waals surface area contributed by atoms with E-state index in [1.165, 1.54) is 77.4 Å². The molecular formula is C15H30N2. The third-order valence-corrected chi connectivity index (χ3v) is 4.66. The Morgan fingerprint density at radius 1 is 1.00 bits per heavy atom. The SMILES string of the molecule is CCC1CCCN1CCNC1CCCCCC1. The average molecular weight is 238 g/mol. The molecule has 0 bridgehead atoms. The first kappa shape index (κ1) is 13.4. The zero-order valence-corrected chi connectivity index (χ0v) is 11.6. The van der Waals surface area contributed by atoms with Crippen molar-refractivity contribution in [1.29, 1.82) is 0 Å². The maximum absolute atomic E-state index is 3.79. The Morgan fingerprint density at radius 2 is 1.76 bits per heavy atom. The summed E-state index contributed by atoms with van der Waals surface area (Å²) in [6, 6.07) is 1.70. The molecule has 17 heavy (non-hydrogen) atoms. The smallest absolute Gasteiger partial charge is 0.0110 e. The van der Waals surface area contributed by atoms with E-state index in [2.05, 4.69) is 17.1 Å². The van der Waals surface area contributed by atoms with Gasteiger partial charge in [-0.15, -0.1) is 0 Å². The van der Waals surface area contributed by atoms with E-state index < -0.39 is 0 Å². The van der Waals surface area contributed by atoms with Gasteiger partial charge in [-0.2, -0.15) is 0 Å². The van der Waals surface area contributed by atoms with Crippen LogP contribution in [0, 0.1) is 0 Å². The second-order valence-corrected chi connectivity index (χ2v) is 5.88. The van der Waals surface area contributed by atoms with Gasteiger partial charge in [0.25, 0.3) is 0 Å². The van der Waals surface area contributed by atoms with Gasteiger partial charge >= 0.3 is 0 Å². The highest BCUT2D eigenvalue weighted by atomic mass is 15.2. The maximum atomic E-state index is 3.79. The van der Waals surface area contributed by atoms with Crippen molar-refractivity contribution in [3.05, 3.63) is 0 Å². The Morgan fingerprint density at radius 3 is 2.47 bits per heavy atom. The average Bonchev–Trinajstić information content (AvgIpc) is 2.64. The standard InChI is InChI=1S/C15H30N2/c1-2-15-10-7-12-17(15)13-11-16-14-8-5-3-4-6-9-14/h14-16H,2-13H2,1H3. The van der Waals surface area contributed by atoms with E-state index in [0.29, 0.717) is 0 Å². The summed E-state index contributed by atoms with van der Waals surface area (Å²) in [5.41, 5.74) is 0. The molecule has 1 atom stereocenters. The van der Waals surface area contributed by atoms with Crippen LogP contribution in [-0.4, -0.2) is 36.6 Å². The number of nitrogens with one attached hydrogen (secondary N) is 1. The van der Waals surface area contributed by atoms with Crippen molar-refractivity contribution in [2.24, 2.45) is 0 Å². The van der Waals surface area contributed by atoms with Crippen LogP contribution in [0.15, 0.2) is 0 Å². The molecular weight excluding hydrogens is 208 g/mol. The topological polar surface area (TPSA) is 15.3 Å². The molecule has 2 rings (SSSR count). The molecule has 1 saturated heterocycles. The minimum Gasteiger partial charge on any atom is -0.313 e. The number of likely N-dealkylation sites (tertiary alicyclic amines) is 1. The fourth-order valence-electron chi connectivity index (χ4n) is 3.55. The predicted octanol–water partition coefficient (Wildman–Crippen LogP) is 3.17. The molecule has 2 heteroatoms. The Hall–Kier alpha value is -0.0800. The van der Waals surface area contributed by atoms with E-state index in [4.69, 9.17) is 0 Å². The van der Waals surface area contributed by atoms with E-state index in [0.717, 1.165) is 12.1 Å². The lowest BCUT2D eigenvalue weighted by Gasteiger charge is -2.25. The molecule has 2 nitrogen and oxygen atoms in total. The van der Waals surface area contributed by atoms with Gasteiger partial charge in [0.1, 0.15) is 0 Å². The Labute approximate surface area is 107 Å². The highest BCUT2D eigenvalue weighted by Crippen LogP contribution is 2.19. The van der Waals surface area contributed by atoms with Gasteiger partial charge in [-0.1, -0.05) is 32.6 Å². The van der Waals surface area contributed by atoms with E-state index in [-0.39, 0.29) is 0 Å². The van der Waals surface area contributed by atoms with Crippen LogP contribution in [0.2, 0.25) is 0 Å². The summed E-state index contributed by atoms with van der Waals surface area (Å²) in [5.74, 6) is 0. The maximum Gasteiger partial charge on any atom is 0.0110 e. The minimum atomic E-state index is 0.820. The molecule has 2 aliphatic rings. The summed E-state index contributed by atoms with van der Waals surface area (Å²) in [4.78, 5) is 2.70. The van der Waals surface area contributed by atoms with Crippen LogP contribution in [-0.2, 0) is 0 Å². The summed E-state index contributed by atoms with van der Waals surface area (Å²) >= 11 is 0. The Bertz CT molecular complexity index is 197. The second-order valence-electron chi connectivity index (χ2n) is 5.88. The lowest BCUT2D eigenvalue weighted by molar-refractivity contribution is 0.243. The fourth-order valence-corrected chi connectivity index (χ4v) is 3.55. The zero-order valence-electron chi connectivity index (χ0n) is 11.6. The van der Waals surface area contributed by atoms with Crippen molar-refractivity contribution in [2.45, 2.75) is 76.8 Å². The molecule has 0 amide bonds. The van der Waals surface area contributed by atoms with Gasteiger partial charge < -0.3 is 5.32 Å². The summed E-state index contributed by atoms with van der Waals surface area (Å²) in [6.07, 6.45) is 12.8. The van der Waals surface area contributed by atoms with E-state index in [1.54, 1.807) is 0 Å². The number of hydrogen-bond acceptors (Lipinski definition) is 2. The first-order valence-corrected chi connectivity index (χ1v) is 7.87. The molecule has 1 aliphatic carbocycles. The number of nitrogens with zero attached hydrogens (tertiary/aromatic N) is 1. The second kappa shape index (κ2) is 7.38. The van der Waals surface area contributed by atoms with E-state index in [9.17, 15) is 0 Å². The molecule has 2 fully saturated rings. The van der Waals surface area contributed by atoms with Crippen LogP contribution >= 0.6 is 0 Å². The molecule has 1 N–H and O–H groups in total.